The maximum absolute atomic E-state index is 11.8. The van der Waals surface area contributed by atoms with Crippen molar-refractivity contribution in [2.45, 2.75) is 19.9 Å². The molecule has 0 spiro atoms. The molecule has 0 saturated carbocycles. The lowest BCUT2D eigenvalue weighted by Gasteiger charge is -2.15. The van der Waals surface area contributed by atoms with E-state index in [1.54, 1.807) is 13.0 Å². The first-order chi connectivity index (χ1) is 9.97. The molecular formula is C14H20N2O5. The molecule has 7 heteroatoms. The van der Waals surface area contributed by atoms with Crippen LogP contribution in [-0.4, -0.2) is 43.5 Å². The zero-order valence-electron chi connectivity index (χ0n) is 12.3. The van der Waals surface area contributed by atoms with Crippen molar-refractivity contribution in [2.24, 2.45) is 0 Å². The van der Waals surface area contributed by atoms with Gasteiger partial charge in [0.1, 0.15) is 5.75 Å². The van der Waals surface area contributed by atoms with Gasteiger partial charge in [0.25, 0.3) is 0 Å². The van der Waals surface area contributed by atoms with Gasteiger partial charge < -0.3 is 25.2 Å². The quantitative estimate of drug-likeness (QED) is 0.714. The molecule has 0 radical (unpaired) electrons. The second-order valence-electron chi connectivity index (χ2n) is 4.38. The summed E-state index contributed by atoms with van der Waals surface area (Å²) in [5.41, 5.74) is 0.159. The minimum atomic E-state index is -1.15. The Morgan fingerprint density at radius 2 is 2.10 bits per heavy atom. The molecule has 116 valence electrons. The largest absolute Gasteiger partial charge is 0.497 e. The van der Waals surface area contributed by atoms with E-state index in [-0.39, 0.29) is 17.3 Å². The van der Waals surface area contributed by atoms with Gasteiger partial charge in [-0.3, -0.25) is 0 Å². The van der Waals surface area contributed by atoms with Crippen LogP contribution in [0.25, 0.3) is 0 Å². The molecule has 0 heterocycles. The zero-order valence-corrected chi connectivity index (χ0v) is 12.3. The number of carbonyl (C=O) groups excluding carboxylic acids is 1. The predicted octanol–water partition coefficient (Wildman–Crippen LogP) is 1.94. The number of rotatable bonds is 7. The van der Waals surface area contributed by atoms with Crippen LogP contribution in [0, 0.1) is 0 Å². The Bertz CT molecular complexity index is 504. The first-order valence-electron chi connectivity index (χ1n) is 6.54. The number of hydrogen-bond acceptors (Lipinski definition) is 4. The number of carboxylic acids is 1. The topological polar surface area (TPSA) is 96.9 Å². The van der Waals surface area contributed by atoms with E-state index in [1.165, 1.54) is 19.2 Å². The van der Waals surface area contributed by atoms with Crippen molar-refractivity contribution in [3.63, 3.8) is 0 Å². The molecule has 21 heavy (non-hydrogen) atoms. The summed E-state index contributed by atoms with van der Waals surface area (Å²) in [4.78, 5) is 23.0. The number of anilines is 1. The standard InChI is InChI=1S/C14H20N2O5/c1-4-21-8-9(2)15-14(19)16-12-6-5-10(20-3)7-11(12)13(17)18/h5-7,9H,4,8H2,1-3H3,(H,17,18)(H2,15,16,19). The number of hydrogen-bond donors (Lipinski definition) is 3. The van der Waals surface area contributed by atoms with Gasteiger partial charge in [-0.1, -0.05) is 0 Å². The van der Waals surface area contributed by atoms with Crippen molar-refractivity contribution in [1.82, 2.24) is 5.32 Å². The molecule has 0 aliphatic rings. The summed E-state index contributed by atoms with van der Waals surface area (Å²) in [6, 6.07) is 3.73. The monoisotopic (exact) mass is 296 g/mol. The van der Waals surface area contributed by atoms with Crippen molar-refractivity contribution < 1.29 is 24.2 Å². The average molecular weight is 296 g/mol. The van der Waals surface area contributed by atoms with Crippen molar-refractivity contribution in [2.75, 3.05) is 25.6 Å². The summed E-state index contributed by atoms with van der Waals surface area (Å²) in [7, 11) is 1.44. The van der Waals surface area contributed by atoms with Crippen LogP contribution in [-0.2, 0) is 4.74 Å². The molecule has 1 rings (SSSR count). The summed E-state index contributed by atoms with van der Waals surface area (Å²) in [5.74, 6) is -0.741. The fourth-order valence-electron chi connectivity index (χ4n) is 1.65. The minimum Gasteiger partial charge on any atom is -0.497 e. The third kappa shape index (κ3) is 5.31. The van der Waals surface area contributed by atoms with E-state index >= 15 is 0 Å². The van der Waals surface area contributed by atoms with Gasteiger partial charge in [-0.05, 0) is 32.0 Å². The zero-order chi connectivity index (χ0) is 15.8. The highest BCUT2D eigenvalue weighted by molar-refractivity contribution is 6.00. The molecule has 1 aromatic carbocycles. The highest BCUT2D eigenvalue weighted by Crippen LogP contribution is 2.22. The second-order valence-corrected chi connectivity index (χ2v) is 4.38. The van der Waals surface area contributed by atoms with Gasteiger partial charge in [-0.25, -0.2) is 9.59 Å². The van der Waals surface area contributed by atoms with Crippen molar-refractivity contribution >= 4 is 17.7 Å². The maximum Gasteiger partial charge on any atom is 0.337 e. The molecule has 0 aliphatic carbocycles. The predicted molar refractivity (Wildman–Crippen MR) is 78.1 cm³/mol. The summed E-state index contributed by atoms with van der Waals surface area (Å²) >= 11 is 0. The molecule has 0 saturated heterocycles. The van der Waals surface area contributed by atoms with Crippen LogP contribution in [0.15, 0.2) is 18.2 Å². The molecule has 1 unspecified atom stereocenters. The van der Waals surface area contributed by atoms with E-state index in [9.17, 15) is 9.59 Å². The Hall–Kier alpha value is -2.28. The molecule has 7 nitrogen and oxygen atoms in total. The fourth-order valence-corrected chi connectivity index (χ4v) is 1.65. The number of carboxylic acid groups (broad SMARTS) is 1. The van der Waals surface area contributed by atoms with E-state index < -0.39 is 12.0 Å². The highest BCUT2D eigenvalue weighted by atomic mass is 16.5. The Morgan fingerprint density at radius 1 is 1.38 bits per heavy atom. The van der Waals surface area contributed by atoms with Crippen LogP contribution in [0.5, 0.6) is 5.75 Å². The number of carbonyl (C=O) groups is 2. The summed E-state index contributed by atoms with van der Waals surface area (Å²) in [6.45, 7) is 4.61. The molecule has 0 aromatic heterocycles. The average Bonchev–Trinajstić information content (AvgIpc) is 2.45. The van der Waals surface area contributed by atoms with Gasteiger partial charge in [0.05, 0.1) is 31.0 Å². The van der Waals surface area contributed by atoms with Crippen molar-refractivity contribution in [3.8, 4) is 5.75 Å². The number of methoxy groups -OCH3 is 1. The number of nitrogens with one attached hydrogen (secondary N) is 2. The molecular weight excluding hydrogens is 276 g/mol. The van der Waals surface area contributed by atoms with Gasteiger partial charge in [0.15, 0.2) is 0 Å². The SMILES string of the molecule is CCOCC(C)NC(=O)Nc1ccc(OC)cc1C(=O)O. The smallest absolute Gasteiger partial charge is 0.337 e. The number of benzene rings is 1. The van der Waals surface area contributed by atoms with Crippen LogP contribution in [0.2, 0.25) is 0 Å². The lowest BCUT2D eigenvalue weighted by Crippen LogP contribution is -2.39. The van der Waals surface area contributed by atoms with E-state index in [1.807, 2.05) is 6.92 Å². The summed E-state index contributed by atoms with van der Waals surface area (Å²) < 4.78 is 10.2. The first kappa shape index (κ1) is 16.8. The molecule has 0 fully saturated rings. The van der Waals surface area contributed by atoms with Crippen LogP contribution in [0.1, 0.15) is 24.2 Å². The summed E-state index contributed by atoms with van der Waals surface area (Å²) in [6.07, 6.45) is 0. The van der Waals surface area contributed by atoms with Gasteiger partial charge in [0, 0.05) is 6.61 Å². The van der Waals surface area contributed by atoms with Crippen LogP contribution < -0.4 is 15.4 Å². The van der Waals surface area contributed by atoms with Crippen LogP contribution in [0.3, 0.4) is 0 Å². The van der Waals surface area contributed by atoms with Crippen LogP contribution in [0.4, 0.5) is 10.5 Å². The number of aromatic carboxylic acids is 1. The van der Waals surface area contributed by atoms with E-state index in [2.05, 4.69) is 10.6 Å². The molecule has 1 aromatic rings. The van der Waals surface area contributed by atoms with E-state index in [0.717, 1.165) is 0 Å². The lowest BCUT2D eigenvalue weighted by atomic mass is 10.1. The van der Waals surface area contributed by atoms with Gasteiger partial charge in [-0.15, -0.1) is 0 Å². The van der Waals surface area contributed by atoms with Crippen molar-refractivity contribution in [1.29, 1.82) is 0 Å². The lowest BCUT2D eigenvalue weighted by molar-refractivity contribution is 0.0697. The molecule has 0 aliphatic heterocycles. The van der Waals surface area contributed by atoms with Gasteiger partial charge in [-0.2, -0.15) is 0 Å². The number of amides is 2. The third-order valence-electron chi connectivity index (χ3n) is 2.65. The van der Waals surface area contributed by atoms with E-state index in [4.69, 9.17) is 14.6 Å². The molecule has 3 N–H and O–H groups in total. The molecule has 1 atom stereocenters. The number of ether oxygens (including phenoxy) is 2. The Labute approximate surface area is 123 Å². The maximum atomic E-state index is 11.8. The van der Waals surface area contributed by atoms with Crippen molar-refractivity contribution in [3.05, 3.63) is 23.8 Å². The molecule has 2 amide bonds. The minimum absolute atomic E-state index is 0.0399. The normalized spacial score (nSPS) is 11.6. The Balaban J connectivity index is 2.73. The molecule has 0 bridgehead atoms. The highest BCUT2D eigenvalue weighted by Gasteiger charge is 2.14. The van der Waals surface area contributed by atoms with Crippen LogP contribution >= 0.6 is 0 Å². The third-order valence-corrected chi connectivity index (χ3v) is 2.65. The first-order valence-corrected chi connectivity index (χ1v) is 6.54. The van der Waals surface area contributed by atoms with Gasteiger partial charge in [0.2, 0.25) is 0 Å². The Kier molecular flexibility index (Phi) is 6.48. The van der Waals surface area contributed by atoms with Gasteiger partial charge >= 0.3 is 12.0 Å². The Morgan fingerprint density at radius 3 is 2.67 bits per heavy atom. The number of urea groups is 1. The second kappa shape index (κ2) is 8.11. The van der Waals surface area contributed by atoms with E-state index in [0.29, 0.717) is 19.0 Å². The fraction of sp³-hybridized carbons (Fsp3) is 0.429. The summed E-state index contributed by atoms with van der Waals surface area (Å²) in [5, 5.41) is 14.3.